The predicted molar refractivity (Wildman–Crippen MR) is 84.4 cm³/mol. The maximum atomic E-state index is 5.86. The van der Waals surface area contributed by atoms with Gasteiger partial charge in [-0.1, -0.05) is 47.7 Å². The van der Waals surface area contributed by atoms with Gasteiger partial charge in [0.25, 0.3) is 0 Å². The minimum Gasteiger partial charge on any atom is -0.488 e. The fourth-order valence-electron chi connectivity index (χ4n) is 1.64. The lowest BCUT2D eigenvalue weighted by molar-refractivity contribution is 0.305. The fraction of sp³-hybridized carbons (Fsp3) is 0.176. The Morgan fingerprint density at radius 2 is 1.75 bits per heavy atom. The van der Waals surface area contributed by atoms with Crippen LogP contribution in [0.2, 0.25) is 5.02 Å². The first-order chi connectivity index (χ1) is 9.79. The van der Waals surface area contributed by atoms with Crippen molar-refractivity contribution >= 4 is 23.2 Å². The van der Waals surface area contributed by atoms with Gasteiger partial charge < -0.3 is 4.74 Å². The van der Waals surface area contributed by atoms with Gasteiger partial charge in [-0.15, -0.1) is 11.6 Å². The Labute approximate surface area is 129 Å². The largest absolute Gasteiger partial charge is 0.488 e. The molecule has 0 N–H and O–H groups in total. The average Bonchev–Trinajstić information content (AvgIpc) is 2.48. The topological polar surface area (TPSA) is 9.23 Å². The second kappa shape index (κ2) is 7.85. The third-order valence-corrected chi connectivity index (χ3v) is 3.08. The van der Waals surface area contributed by atoms with E-state index in [1.807, 2.05) is 48.5 Å². The molecular weight excluding hydrogens is 291 g/mol. The van der Waals surface area contributed by atoms with E-state index in [-0.39, 0.29) is 0 Å². The van der Waals surface area contributed by atoms with Crippen LogP contribution in [0.5, 0.6) is 5.75 Å². The molecule has 0 saturated carbocycles. The van der Waals surface area contributed by atoms with E-state index in [4.69, 9.17) is 27.9 Å². The molecular formula is C17H14Cl2O. The Balaban J connectivity index is 2.06. The number of benzene rings is 2. The standard InChI is InChI=1S/C17H14Cl2O/c18-12-4-3-6-15-5-1-2-7-17(15)20-13-14-8-10-16(19)11-9-14/h1-2,5,7-11H,4,12-13H2. The Kier molecular flexibility index (Phi) is 5.80. The number of ether oxygens (including phenoxy) is 1. The molecule has 0 aliphatic rings. The minimum absolute atomic E-state index is 0.491. The second-order valence-corrected chi connectivity index (χ2v) is 4.97. The average molecular weight is 305 g/mol. The summed E-state index contributed by atoms with van der Waals surface area (Å²) in [6.07, 6.45) is 0.674. The summed E-state index contributed by atoms with van der Waals surface area (Å²) in [6, 6.07) is 15.3. The van der Waals surface area contributed by atoms with Crippen LogP contribution in [0, 0.1) is 11.8 Å². The highest BCUT2D eigenvalue weighted by Gasteiger charge is 2.01. The van der Waals surface area contributed by atoms with E-state index >= 15 is 0 Å². The van der Waals surface area contributed by atoms with Crippen LogP contribution in [0.1, 0.15) is 17.5 Å². The number of alkyl halides is 1. The van der Waals surface area contributed by atoms with Crippen molar-refractivity contribution in [1.29, 1.82) is 0 Å². The zero-order valence-electron chi connectivity index (χ0n) is 10.9. The Hall–Kier alpha value is -1.62. The molecule has 0 aromatic heterocycles. The summed E-state index contributed by atoms with van der Waals surface area (Å²) in [5.41, 5.74) is 1.95. The van der Waals surface area contributed by atoms with E-state index in [0.717, 1.165) is 21.9 Å². The van der Waals surface area contributed by atoms with Crippen LogP contribution in [-0.4, -0.2) is 5.88 Å². The number of hydrogen-bond donors (Lipinski definition) is 0. The zero-order valence-corrected chi connectivity index (χ0v) is 12.4. The number of rotatable bonds is 4. The molecule has 0 heterocycles. The van der Waals surface area contributed by atoms with E-state index in [1.165, 1.54) is 0 Å². The lowest BCUT2D eigenvalue weighted by atomic mass is 10.2. The molecule has 0 amide bonds. The Bertz CT molecular complexity index is 609. The first-order valence-corrected chi connectivity index (χ1v) is 7.22. The zero-order chi connectivity index (χ0) is 14.2. The van der Waals surface area contributed by atoms with E-state index in [0.29, 0.717) is 18.9 Å². The van der Waals surface area contributed by atoms with Gasteiger partial charge in [-0.25, -0.2) is 0 Å². The van der Waals surface area contributed by atoms with E-state index in [2.05, 4.69) is 11.8 Å². The van der Waals surface area contributed by atoms with Crippen molar-refractivity contribution < 1.29 is 4.74 Å². The smallest absolute Gasteiger partial charge is 0.135 e. The quantitative estimate of drug-likeness (QED) is 0.576. The summed E-state index contributed by atoms with van der Waals surface area (Å²) >= 11 is 11.5. The van der Waals surface area contributed by atoms with E-state index in [9.17, 15) is 0 Å². The first-order valence-electron chi connectivity index (χ1n) is 6.30. The molecule has 0 fully saturated rings. The van der Waals surface area contributed by atoms with Crippen LogP contribution < -0.4 is 4.74 Å². The third-order valence-electron chi connectivity index (χ3n) is 2.64. The summed E-state index contributed by atoms with van der Waals surface area (Å²) in [6.45, 7) is 0.491. The van der Waals surface area contributed by atoms with Gasteiger partial charge in [0.05, 0.1) is 5.56 Å². The summed E-state index contributed by atoms with van der Waals surface area (Å²) in [5.74, 6) is 7.42. The highest BCUT2D eigenvalue weighted by molar-refractivity contribution is 6.30. The Morgan fingerprint density at radius 1 is 1.00 bits per heavy atom. The highest BCUT2D eigenvalue weighted by Crippen LogP contribution is 2.19. The molecule has 0 bridgehead atoms. The molecule has 102 valence electrons. The fourth-order valence-corrected chi connectivity index (χ4v) is 1.86. The van der Waals surface area contributed by atoms with Crippen molar-refractivity contribution in [3.63, 3.8) is 0 Å². The van der Waals surface area contributed by atoms with Gasteiger partial charge in [0, 0.05) is 17.3 Å². The number of hydrogen-bond acceptors (Lipinski definition) is 1. The van der Waals surface area contributed by atoms with Crippen LogP contribution >= 0.6 is 23.2 Å². The molecule has 0 radical (unpaired) electrons. The van der Waals surface area contributed by atoms with Gasteiger partial charge in [-0.05, 0) is 29.8 Å². The summed E-state index contributed by atoms with van der Waals surface area (Å²) < 4.78 is 5.82. The van der Waals surface area contributed by atoms with E-state index < -0.39 is 0 Å². The third kappa shape index (κ3) is 4.49. The second-order valence-electron chi connectivity index (χ2n) is 4.15. The molecule has 1 nitrogen and oxygen atoms in total. The highest BCUT2D eigenvalue weighted by atomic mass is 35.5. The normalized spacial score (nSPS) is 9.70. The minimum atomic E-state index is 0.491. The molecule has 3 heteroatoms. The molecule has 0 aliphatic carbocycles. The first kappa shape index (κ1) is 14.8. The molecule has 0 spiro atoms. The Morgan fingerprint density at radius 3 is 2.50 bits per heavy atom. The van der Waals surface area contributed by atoms with Crippen molar-refractivity contribution in [2.45, 2.75) is 13.0 Å². The molecule has 0 saturated heterocycles. The van der Waals surface area contributed by atoms with Crippen molar-refractivity contribution in [1.82, 2.24) is 0 Å². The molecule has 0 unspecified atom stereocenters. The van der Waals surface area contributed by atoms with Gasteiger partial charge in [0.15, 0.2) is 0 Å². The van der Waals surface area contributed by atoms with Gasteiger partial charge in [-0.3, -0.25) is 0 Å². The van der Waals surface area contributed by atoms with Gasteiger partial charge in [0.2, 0.25) is 0 Å². The maximum Gasteiger partial charge on any atom is 0.135 e. The summed E-state index contributed by atoms with van der Waals surface area (Å²) in [5, 5.41) is 0.723. The molecule has 2 aromatic rings. The van der Waals surface area contributed by atoms with Crippen LogP contribution in [0.15, 0.2) is 48.5 Å². The number of para-hydroxylation sites is 1. The molecule has 0 aliphatic heterocycles. The lowest BCUT2D eigenvalue weighted by Gasteiger charge is -2.08. The van der Waals surface area contributed by atoms with Gasteiger partial charge in [0.1, 0.15) is 12.4 Å². The monoisotopic (exact) mass is 304 g/mol. The van der Waals surface area contributed by atoms with E-state index in [1.54, 1.807) is 0 Å². The molecule has 2 aromatic carbocycles. The van der Waals surface area contributed by atoms with Crippen molar-refractivity contribution in [2.75, 3.05) is 5.88 Å². The van der Waals surface area contributed by atoms with Gasteiger partial charge >= 0.3 is 0 Å². The van der Waals surface area contributed by atoms with Crippen molar-refractivity contribution in [2.24, 2.45) is 0 Å². The maximum absolute atomic E-state index is 5.86. The van der Waals surface area contributed by atoms with Crippen LogP contribution in [-0.2, 0) is 6.61 Å². The van der Waals surface area contributed by atoms with Crippen molar-refractivity contribution in [3.8, 4) is 17.6 Å². The number of halogens is 2. The lowest BCUT2D eigenvalue weighted by Crippen LogP contribution is -1.96. The predicted octanol–water partition coefficient (Wildman–Crippen LogP) is 4.90. The van der Waals surface area contributed by atoms with Gasteiger partial charge in [-0.2, -0.15) is 0 Å². The van der Waals surface area contributed by atoms with Crippen LogP contribution in [0.4, 0.5) is 0 Å². The summed E-state index contributed by atoms with van der Waals surface area (Å²) in [4.78, 5) is 0. The van der Waals surface area contributed by atoms with Crippen LogP contribution in [0.3, 0.4) is 0 Å². The van der Waals surface area contributed by atoms with Crippen LogP contribution in [0.25, 0.3) is 0 Å². The summed E-state index contributed by atoms with van der Waals surface area (Å²) in [7, 11) is 0. The van der Waals surface area contributed by atoms with Crippen molar-refractivity contribution in [3.05, 3.63) is 64.7 Å². The molecule has 2 rings (SSSR count). The SMILES string of the molecule is ClCCC#Cc1ccccc1OCc1ccc(Cl)cc1. The molecule has 20 heavy (non-hydrogen) atoms. The molecule has 0 atom stereocenters.